The Bertz CT molecular complexity index is 721. The minimum atomic E-state index is -0.435. The minimum absolute atomic E-state index is 0.435. The van der Waals surface area contributed by atoms with Gasteiger partial charge >= 0.3 is 0 Å². The molecule has 2 aromatic rings. The van der Waals surface area contributed by atoms with Crippen molar-refractivity contribution in [2.75, 3.05) is 32.8 Å². The summed E-state index contributed by atoms with van der Waals surface area (Å²) in [6, 6.07) is 10.9. The van der Waals surface area contributed by atoms with Crippen molar-refractivity contribution in [1.29, 1.82) is 0 Å². The molecule has 0 aromatic heterocycles. The summed E-state index contributed by atoms with van der Waals surface area (Å²) in [7, 11) is 0. The average molecular weight is 325 g/mol. The molecule has 0 radical (unpaired) electrons. The molecule has 3 heteroatoms. The van der Waals surface area contributed by atoms with E-state index in [9.17, 15) is 5.11 Å². The number of benzene rings is 2. The SMILES string of the molecule is CC1CCc2c(cc(C(O)CN3CCOCC3)c3ccccc23)C1. The first-order chi connectivity index (χ1) is 11.7. The smallest absolute Gasteiger partial charge is 0.0923 e. The van der Waals surface area contributed by atoms with Crippen LogP contribution >= 0.6 is 0 Å². The summed E-state index contributed by atoms with van der Waals surface area (Å²) in [6.07, 6.45) is 3.14. The van der Waals surface area contributed by atoms with Crippen LogP contribution in [-0.4, -0.2) is 42.9 Å². The van der Waals surface area contributed by atoms with Crippen LogP contribution in [0.25, 0.3) is 10.8 Å². The molecule has 128 valence electrons. The molecule has 0 spiro atoms. The monoisotopic (exact) mass is 325 g/mol. The van der Waals surface area contributed by atoms with E-state index in [1.165, 1.54) is 28.3 Å². The lowest BCUT2D eigenvalue weighted by Crippen LogP contribution is -2.38. The van der Waals surface area contributed by atoms with Crippen LogP contribution in [0.1, 0.15) is 36.1 Å². The highest BCUT2D eigenvalue weighted by Crippen LogP contribution is 2.36. The Hall–Kier alpha value is -1.42. The molecule has 0 saturated carbocycles. The van der Waals surface area contributed by atoms with Crippen molar-refractivity contribution in [1.82, 2.24) is 4.90 Å². The van der Waals surface area contributed by atoms with Crippen molar-refractivity contribution < 1.29 is 9.84 Å². The number of hydrogen-bond donors (Lipinski definition) is 1. The zero-order valence-corrected chi connectivity index (χ0v) is 14.5. The molecule has 1 aliphatic carbocycles. The fourth-order valence-corrected chi connectivity index (χ4v) is 4.27. The third-order valence-electron chi connectivity index (χ3n) is 5.63. The number of ether oxygens (including phenoxy) is 1. The molecule has 1 fully saturated rings. The van der Waals surface area contributed by atoms with Crippen LogP contribution in [0.5, 0.6) is 0 Å². The van der Waals surface area contributed by atoms with E-state index in [0.29, 0.717) is 6.54 Å². The Balaban J connectivity index is 1.71. The number of rotatable bonds is 3. The van der Waals surface area contributed by atoms with Crippen molar-refractivity contribution in [3.05, 3.63) is 47.0 Å². The van der Waals surface area contributed by atoms with Gasteiger partial charge < -0.3 is 9.84 Å². The summed E-state index contributed by atoms with van der Waals surface area (Å²) in [5.41, 5.74) is 4.06. The van der Waals surface area contributed by atoms with Gasteiger partial charge in [0.25, 0.3) is 0 Å². The number of morpholine rings is 1. The highest BCUT2D eigenvalue weighted by atomic mass is 16.5. The average Bonchev–Trinajstić information content (AvgIpc) is 2.61. The lowest BCUT2D eigenvalue weighted by atomic mass is 9.80. The molecule has 1 N–H and O–H groups in total. The van der Waals surface area contributed by atoms with E-state index in [0.717, 1.165) is 50.6 Å². The Labute approximate surface area is 144 Å². The lowest BCUT2D eigenvalue weighted by Gasteiger charge is -2.30. The molecule has 1 heterocycles. The van der Waals surface area contributed by atoms with Crippen LogP contribution in [0, 0.1) is 5.92 Å². The fourth-order valence-electron chi connectivity index (χ4n) is 4.27. The van der Waals surface area contributed by atoms with Gasteiger partial charge in [-0.3, -0.25) is 4.90 Å². The second kappa shape index (κ2) is 6.83. The van der Waals surface area contributed by atoms with Gasteiger partial charge in [-0.05, 0) is 52.6 Å². The Morgan fingerprint density at radius 3 is 2.75 bits per heavy atom. The second-order valence-electron chi connectivity index (χ2n) is 7.43. The van der Waals surface area contributed by atoms with Gasteiger partial charge in [0.05, 0.1) is 19.3 Å². The highest BCUT2D eigenvalue weighted by molar-refractivity contribution is 5.90. The van der Waals surface area contributed by atoms with E-state index in [-0.39, 0.29) is 0 Å². The van der Waals surface area contributed by atoms with Gasteiger partial charge in [-0.2, -0.15) is 0 Å². The Morgan fingerprint density at radius 1 is 1.21 bits per heavy atom. The number of nitrogens with zero attached hydrogens (tertiary/aromatic N) is 1. The lowest BCUT2D eigenvalue weighted by molar-refractivity contribution is 0.0146. The first-order valence-corrected chi connectivity index (χ1v) is 9.24. The van der Waals surface area contributed by atoms with Crippen molar-refractivity contribution >= 4 is 10.8 Å². The molecular formula is C21H27NO2. The number of aryl methyl sites for hydroxylation is 1. The van der Waals surface area contributed by atoms with E-state index in [4.69, 9.17) is 4.74 Å². The Morgan fingerprint density at radius 2 is 1.96 bits per heavy atom. The maximum absolute atomic E-state index is 11.0. The summed E-state index contributed by atoms with van der Waals surface area (Å²) in [4.78, 5) is 2.31. The van der Waals surface area contributed by atoms with Crippen molar-refractivity contribution in [3.8, 4) is 0 Å². The van der Waals surface area contributed by atoms with Crippen LogP contribution in [0.3, 0.4) is 0 Å². The number of aliphatic hydroxyl groups excluding tert-OH is 1. The molecule has 1 aliphatic heterocycles. The third-order valence-corrected chi connectivity index (χ3v) is 5.63. The van der Waals surface area contributed by atoms with Crippen LogP contribution in [-0.2, 0) is 17.6 Å². The van der Waals surface area contributed by atoms with Gasteiger partial charge in [-0.15, -0.1) is 0 Å². The predicted octanol–water partition coefficient (Wildman–Crippen LogP) is 3.33. The maximum atomic E-state index is 11.0. The molecule has 0 bridgehead atoms. The maximum Gasteiger partial charge on any atom is 0.0923 e. The van der Waals surface area contributed by atoms with E-state index < -0.39 is 6.10 Å². The Kier molecular flexibility index (Phi) is 4.57. The summed E-state index contributed by atoms with van der Waals surface area (Å²) < 4.78 is 5.42. The molecule has 3 nitrogen and oxygen atoms in total. The number of aliphatic hydroxyl groups is 1. The van der Waals surface area contributed by atoms with Crippen molar-refractivity contribution in [3.63, 3.8) is 0 Å². The van der Waals surface area contributed by atoms with E-state index in [2.05, 4.69) is 42.2 Å². The summed E-state index contributed by atoms with van der Waals surface area (Å²) in [5.74, 6) is 0.739. The molecule has 1 saturated heterocycles. The largest absolute Gasteiger partial charge is 0.387 e. The third kappa shape index (κ3) is 3.08. The molecular weight excluding hydrogens is 298 g/mol. The van der Waals surface area contributed by atoms with Gasteiger partial charge in [0.2, 0.25) is 0 Å². The summed E-state index contributed by atoms with van der Waals surface area (Å²) >= 11 is 0. The van der Waals surface area contributed by atoms with E-state index >= 15 is 0 Å². The normalized spacial score (nSPS) is 23.2. The van der Waals surface area contributed by atoms with Crippen LogP contribution in [0.2, 0.25) is 0 Å². The van der Waals surface area contributed by atoms with Gasteiger partial charge in [-0.1, -0.05) is 37.3 Å². The molecule has 4 rings (SSSR count). The van der Waals surface area contributed by atoms with Gasteiger partial charge in [0.1, 0.15) is 0 Å². The quantitative estimate of drug-likeness (QED) is 0.939. The second-order valence-corrected chi connectivity index (χ2v) is 7.43. The molecule has 24 heavy (non-hydrogen) atoms. The zero-order valence-electron chi connectivity index (χ0n) is 14.5. The summed E-state index contributed by atoms with van der Waals surface area (Å²) in [6.45, 7) is 6.40. The standard InChI is InChI=1S/C21H27NO2/c1-15-6-7-17-16(12-15)13-20(19-5-3-2-4-18(17)19)21(23)14-22-8-10-24-11-9-22/h2-5,13,15,21,23H,6-12,14H2,1H3. The van der Waals surface area contributed by atoms with Crippen LogP contribution in [0.4, 0.5) is 0 Å². The van der Waals surface area contributed by atoms with Crippen molar-refractivity contribution in [2.45, 2.75) is 32.3 Å². The molecule has 2 aromatic carbocycles. The topological polar surface area (TPSA) is 32.7 Å². The first-order valence-electron chi connectivity index (χ1n) is 9.24. The van der Waals surface area contributed by atoms with Gasteiger partial charge in [0.15, 0.2) is 0 Å². The van der Waals surface area contributed by atoms with Crippen LogP contribution in [0.15, 0.2) is 30.3 Å². The van der Waals surface area contributed by atoms with Crippen LogP contribution < -0.4 is 0 Å². The molecule has 2 unspecified atom stereocenters. The van der Waals surface area contributed by atoms with E-state index in [1.807, 2.05) is 0 Å². The molecule has 0 amide bonds. The first kappa shape index (κ1) is 16.1. The van der Waals surface area contributed by atoms with Gasteiger partial charge in [0, 0.05) is 19.6 Å². The number of β-amino-alcohol motifs (C(OH)–C–C–N with tert-alkyl or cyclic N) is 1. The van der Waals surface area contributed by atoms with Gasteiger partial charge in [-0.25, -0.2) is 0 Å². The predicted molar refractivity (Wildman–Crippen MR) is 97.4 cm³/mol. The van der Waals surface area contributed by atoms with E-state index in [1.54, 1.807) is 0 Å². The molecule has 2 atom stereocenters. The highest BCUT2D eigenvalue weighted by Gasteiger charge is 2.23. The zero-order chi connectivity index (χ0) is 16.5. The fraction of sp³-hybridized carbons (Fsp3) is 0.524. The minimum Gasteiger partial charge on any atom is -0.387 e. The molecule has 2 aliphatic rings. The number of hydrogen-bond acceptors (Lipinski definition) is 3. The van der Waals surface area contributed by atoms with Crippen molar-refractivity contribution in [2.24, 2.45) is 5.92 Å². The summed E-state index contributed by atoms with van der Waals surface area (Å²) in [5, 5.41) is 13.5. The number of fused-ring (bicyclic) bond motifs is 3.